The van der Waals surface area contributed by atoms with Gasteiger partial charge in [0.15, 0.2) is 11.5 Å². The quantitative estimate of drug-likeness (QED) is 0.829. The first-order valence-electron chi connectivity index (χ1n) is 4.13. The average molecular weight is 245 g/mol. The van der Waals surface area contributed by atoms with Gasteiger partial charge in [0.25, 0.3) is 0 Å². The molecule has 0 aromatic heterocycles. The monoisotopic (exact) mass is 244 g/mol. The Morgan fingerprint density at radius 2 is 2.23 bits per heavy atom. The Bertz CT molecular complexity index is 284. The molecule has 1 unspecified atom stereocenters. The van der Waals surface area contributed by atoms with Crippen LogP contribution in [0.1, 0.15) is 12.5 Å². The molecule has 0 aliphatic carbocycles. The molecule has 0 radical (unpaired) electrons. The molecule has 0 saturated heterocycles. The Morgan fingerprint density at radius 1 is 1.54 bits per heavy atom. The van der Waals surface area contributed by atoms with Gasteiger partial charge in [-0.25, -0.2) is 0 Å². The zero-order valence-corrected chi connectivity index (χ0v) is 9.34. The van der Waals surface area contributed by atoms with Crippen LogP contribution in [0.3, 0.4) is 0 Å². The van der Waals surface area contributed by atoms with Crippen molar-refractivity contribution in [3.63, 3.8) is 0 Å². The van der Waals surface area contributed by atoms with Gasteiger partial charge in [-0.3, -0.25) is 0 Å². The Kier molecular flexibility index (Phi) is 3.60. The first-order valence-corrected chi connectivity index (χ1v) is 5.05. The van der Waals surface area contributed by atoms with Crippen molar-refractivity contribution in [2.24, 2.45) is 0 Å². The van der Waals surface area contributed by atoms with Crippen LogP contribution < -0.4 is 4.74 Å². The number of methoxy groups -OCH3 is 1. The lowest BCUT2D eigenvalue weighted by molar-refractivity contribution is 0.373. The SMILES string of the molecule is COc1cc(CC(C)Br)ccc1O. The molecule has 0 bridgehead atoms. The first kappa shape index (κ1) is 10.4. The second-order valence-electron chi connectivity index (χ2n) is 2.99. The second-order valence-corrected chi connectivity index (χ2v) is 4.55. The van der Waals surface area contributed by atoms with Crippen LogP contribution in [0.2, 0.25) is 0 Å². The maximum atomic E-state index is 9.33. The third kappa shape index (κ3) is 2.92. The van der Waals surface area contributed by atoms with Crippen LogP contribution in [-0.2, 0) is 6.42 Å². The molecule has 0 aliphatic heterocycles. The highest BCUT2D eigenvalue weighted by atomic mass is 79.9. The predicted molar refractivity (Wildman–Crippen MR) is 56.8 cm³/mol. The van der Waals surface area contributed by atoms with Gasteiger partial charge in [0.1, 0.15) is 0 Å². The van der Waals surface area contributed by atoms with Crippen LogP contribution in [0.5, 0.6) is 11.5 Å². The maximum Gasteiger partial charge on any atom is 0.160 e. The summed E-state index contributed by atoms with van der Waals surface area (Å²) in [6.07, 6.45) is 0.927. The third-order valence-corrected chi connectivity index (χ3v) is 2.08. The van der Waals surface area contributed by atoms with Crippen molar-refractivity contribution < 1.29 is 9.84 Å². The fourth-order valence-electron chi connectivity index (χ4n) is 1.17. The van der Waals surface area contributed by atoms with E-state index < -0.39 is 0 Å². The smallest absolute Gasteiger partial charge is 0.160 e. The molecule has 1 rings (SSSR count). The van der Waals surface area contributed by atoms with E-state index in [1.165, 1.54) is 0 Å². The summed E-state index contributed by atoms with van der Waals surface area (Å²) in [6.45, 7) is 2.08. The van der Waals surface area contributed by atoms with E-state index in [0.29, 0.717) is 10.6 Å². The van der Waals surface area contributed by atoms with E-state index in [9.17, 15) is 5.11 Å². The predicted octanol–water partition coefficient (Wildman–Crippen LogP) is 2.73. The van der Waals surface area contributed by atoms with Crippen LogP contribution in [0.25, 0.3) is 0 Å². The van der Waals surface area contributed by atoms with Crippen LogP contribution >= 0.6 is 15.9 Å². The van der Waals surface area contributed by atoms with Gasteiger partial charge in [-0.05, 0) is 24.1 Å². The molecule has 0 spiro atoms. The van der Waals surface area contributed by atoms with E-state index in [1.807, 2.05) is 12.1 Å². The number of aromatic hydroxyl groups is 1. The van der Waals surface area contributed by atoms with Crippen molar-refractivity contribution in [3.05, 3.63) is 23.8 Å². The number of halogens is 1. The number of benzene rings is 1. The Balaban J connectivity index is 2.86. The van der Waals surface area contributed by atoms with E-state index >= 15 is 0 Å². The highest BCUT2D eigenvalue weighted by molar-refractivity contribution is 9.09. The van der Waals surface area contributed by atoms with Gasteiger partial charge in [-0.2, -0.15) is 0 Å². The summed E-state index contributed by atoms with van der Waals surface area (Å²) < 4.78 is 5.00. The third-order valence-electron chi connectivity index (χ3n) is 1.76. The fraction of sp³-hybridized carbons (Fsp3) is 0.400. The minimum absolute atomic E-state index is 0.188. The minimum Gasteiger partial charge on any atom is -0.504 e. The van der Waals surface area contributed by atoms with Gasteiger partial charge >= 0.3 is 0 Å². The summed E-state index contributed by atoms with van der Waals surface area (Å²) in [7, 11) is 1.55. The van der Waals surface area contributed by atoms with Crippen molar-refractivity contribution >= 4 is 15.9 Å². The van der Waals surface area contributed by atoms with Gasteiger partial charge in [0.05, 0.1) is 7.11 Å². The second kappa shape index (κ2) is 4.51. The van der Waals surface area contributed by atoms with Crippen LogP contribution in [0.15, 0.2) is 18.2 Å². The molecular weight excluding hydrogens is 232 g/mol. The van der Waals surface area contributed by atoms with E-state index in [0.717, 1.165) is 12.0 Å². The molecule has 3 heteroatoms. The van der Waals surface area contributed by atoms with Gasteiger partial charge in [-0.15, -0.1) is 0 Å². The molecule has 1 aromatic rings. The molecule has 1 aromatic carbocycles. The highest BCUT2D eigenvalue weighted by Gasteiger charge is 2.04. The Labute approximate surface area is 86.7 Å². The van der Waals surface area contributed by atoms with Gasteiger partial charge in [-0.1, -0.05) is 28.9 Å². The molecular formula is C10H13BrO2. The summed E-state index contributed by atoms with van der Waals surface area (Å²) in [5.41, 5.74) is 1.15. The molecule has 2 nitrogen and oxygen atoms in total. The Hall–Kier alpha value is -0.700. The number of hydrogen-bond acceptors (Lipinski definition) is 2. The van der Waals surface area contributed by atoms with Gasteiger partial charge in [0, 0.05) is 4.83 Å². The lowest BCUT2D eigenvalue weighted by Crippen LogP contribution is -1.96. The van der Waals surface area contributed by atoms with Crippen molar-refractivity contribution in [3.8, 4) is 11.5 Å². The molecule has 13 heavy (non-hydrogen) atoms. The van der Waals surface area contributed by atoms with Crippen molar-refractivity contribution in [2.75, 3.05) is 7.11 Å². The lowest BCUT2D eigenvalue weighted by Gasteiger charge is -2.07. The van der Waals surface area contributed by atoms with Crippen LogP contribution in [0, 0.1) is 0 Å². The largest absolute Gasteiger partial charge is 0.504 e. The zero-order valence-electron chi connectivity index (χ0n) is 7.75. The molecule has 72 valence electrons. The summed E-state index contributed by atoms with van der Waals surface area (Å²) in [6, 6.07) is 5.41. The summed E-state index contributed by atoms with van der Waals surface area (Å²) in [4.78, 5) is 0.432. The van der Waals surface area contributed by atoms with Gasteiger partial charge < -0.3 is 9.84 Å². The molecule has 0 heterocycles. The summed E-state index contributed by atoms with van der Waals surface area (Å²) >= 11 is 3.47. The standard InChI is InChI=1S/C10H13BrO2/c1-7(11)5-8-3-4-9(12)10(6-8)13-2/h3-4,6-7,12H,5H2,1-2H3. The number of alkyl halides is 1. The molecule has 1 atom stereocenters. The van der Waals surface area contributed by atoms with Crippen LogP contribution in [-0.4, -0.2) is 17.0 Å². The van der Waals surface area contributed by atoms with E-state index in [2.05, 4.69) is 22.9 Å². The molecule has 0 aliphatic rings. The number of ether oxygens (including phenoxy) is 1. The number of hydrogen-bond donors (Lipinski definition) is 1. The molecule has 0 fully saturated rings. The number of phenols is 1. The maximum absolute atomic E-state index is 9.33. The van der Waals surface area contributed by atoms with E-state index in [1.54, 1.807) is 13.2 Å². The van der Waals surface area contributed by atoms with Crippen LogP contribution in [0.4, 0.5) is 0 Å². The zero-order chi connectivity index (χ0) is 9.84. The molecule has 1 N–H and O–H groups in total. The van der Waals surface area contributed by atoms with Crippen molar-refractivity contribution in [1.82, 2.24) is 0 Å². The average Bonchev–Trinajstić information content (AvgIpc) is 2.07. The highest BCUT2D eigenvalue weighted by Crippen LogP contribution is 2.27. The summed E-state index contributed by atoms with van der Waals surface area (Å²) in [5, 5.41) is 9.33. The summed E-state index contributed by atoms with van der Waals surface area (Å²) in [5.74, 6) is 0.721. The first-order chi connectivity index (χ1) is 6.13. The topological polar surface area (TPSA) is 29.5 Å². The van der Waals surface area contributed by atoms with Crippen molar-refractivity contribution in [2.45, 2.75) is 18.2 Å². The fourth-order valence-corrected chi connectivity index (χ4v) is 1.55. The van der Waals surface area contributed by atoms with Crippen molar-refractivity contribution in [1.29, 1.82) is 0 Å². The molecule has 0 saturated carbocycles. The number of phenolic OH excluding ortho intramolecular Hbond substituents is 1. The normalized spacial score (nSPS) is 12.5. The molecule has 0 amide bonds. The Morgan fingerprint density at radius 3 is 2.77 bits per heavy atom. The van der Waals surface area contributed by atoms with E-state index in [4.69, 9.17) is 4.74 Å². The minimum atomic E-state index is 0.188. The van der Waals surface area contributed by atoms with E-state index in [-0.39, 0.29) is 5.75 Å². The van der Waals surface area contributed by atoms with Gasteiger partial charge in [0.2, 0.25) is 0 Å². The number of rotatable bonds is 3. The lowest BCUT2D eigenvalue weighted by atomic mass is 10.1.